The van der Waals surface area contributed by atoms with Gasteiger partial charge in [-0.3, -0.25) is 57.6 Å². The molecule has 3 aliphatic rings. The Morgan fingerprint density at radius 2 is 1.05 bits per heavy atom. The van der Waals surface area contributed by atoms with Crippen molar-refractivity contribution in [3.63, 3.8) is 0 Å². The van der Waals surface area contributed by atoms with Gasteiger partial charge in [0.25, 0.3) is 5.92 Å². The molecule has 3 heterocycles. The van der Waals surface area contributed by atoms with Crippen molar-refractivity contribution in [3.8, 4) is 0 Å². The Labute approximate surface area is 604 Å². The lowest BCUT2D eigenvalue weighted by atomic mass is 9.96. The summed E-state index contributed by atoms with van der Waals surface area (Å²) in [5.74, 6) is -12.8. The van der Waals surface area contributed by atoms with Gasteiger partial charge in [0.15, 0.2) is 0 Å². The molecule has 102 heavy (non-hydrogen) atoms. The number of hydrogen-bond acceptors (Lipinski definition) is 16. The number of carbonyl (C=O) groups is 11. The molecule has 0 spiro atoms. The summed E-state index contributed by atoms with van der Waals surface area (Å²) in [5, 5.41) is 37.4. The van der Waals surface area contributed by atoms with E-state index < -0.39 is 189 Å². The summed E-state index contributed by atoms with van der Waals surface area (Å²) in [6.45, 7) is 19.1. The lowest BCUT2D eigenvalue weighted by molar-refractivity contribution is -0.151. The van der Waals surface area contributed by atoms with Gasteiger partial charge in [-0.25, -0.2) is 8.78 Å². The molecule has 11 amide bonds. The fourth-order valence-electron chi connectivity index (χ4n) is 13.1. The number of rotatable bonds is 20. The van der Waals surface area contributed by atoms with Crippen molar-refractivity contribution in [2.75, 3.05) is 94.8 Å². The van der Waals surface area contributed by atoms with Crippen molar-refractivity contribution < 1.29 is 76.5 Å². The normalized spacial score (nSPS) is 27.1. The monoisotopic (exact) mass is 1440 g/mol. The molecule has 29 heteroatoms. The number of amides is 11. The summed E-state index contributed by atoms with van der Waals surface area (Å²) in [6.07, 6.45) is -0.945. The van der Waals surface area contributed by atoms with E-state index in [-0.39, 0.29) is 68.9 Å². The highest BCUT2D eigenvalue weighted by Gasteiger charge is 2.45. The van der Waals surface area contributed by atoms with Crippen LogP contribution in [0.5, 0.6) is 0 Å². The molecule has 0 saturated carbocycles. The number of halogens is 2. The van der Waals surface area contributed by atoms with Crippen LogP contribution in [0.3, 0.4) is 0 Å². The summed E-state index contributed by atoms with van der Waals surface area (Å²) in [6, 6.07) is -4.49. The number of likely N-dealkylation sites (tertiary alicyclic amines) is 1. The van der Waals surface area contributed by atoms with Gasteiger partial charge in [-0.05, 0) is 100 Å². The van der Waals surface area contributed by atoms with Crippen molar-refractivity contribution >= 4 is 65.0 Å². The smallest absolute Gasteiger partial charge is 0.261 e. The van der Waals surface area contributed by atoms with E-state index >= 15 is 28.8 Å². The van der Waals surface area contributed by atoms with Gasteiger partial charge >= 0.3 is 0 Å². The average molecular weight is 1440 g/mol. The minimum Gasteiger partial charge on any atom is -0.391 e. The van der Waals surface area contributed by atoms with Crippen LogP contribution in [0.25, 0.3) is 0 Å². The lowest BCUT2D eigenvalue weighted by Gasteiger charge is -2.38. The Morgan fingerprint density at radius 3 is 1.54 bits per heavy atom. The molecular formula is C73H123F2N13O14. The van der Waals surface area contributed by atoms with Gasteiger partial charge in [-0.15, -0.1) is 0 Å². The predicted molar refractivity (Wildman–Crippen MR) is 382 cm³/mol. The Morgan fingerprint density at radius 1 is 0.578 bits per heavy atom. The number of nitrogens with one attached hydrogen (secondary N) is 5. The Kier molecular flexibility index (Phi) is 35.1. The molecule has 3 fully saturated rings. The van der Waals surface area contributed by atoms with Crippen molar-refractivity contribution in [1.82, 2.24) is 65.8 Å². The van der Waals surface area contributed by atoms with Gasteiger partial charge in [0.05, 0.1) is 39.0 Å². The highest BCUT2D eigenvalue weighted by Crippen LogP contribution is 2.27. The van der Waals surface area contributed by atoms with Crippen molar-refractivity contribution in [3.05, 3.63) is 35.9 Å². The molecule has 0 aromatic heterocycles. The van der Waals surface area contributed by atoms with E-state index in [2.05, 4.69) is 26.6 Å². The maximum atomic E-state index is 15.4. The molecular weight excluding hydrogens is 1320 g/mol. The zero-order valence-electron chi connectivity index (χ0n) is 64.0. The number of benzene rings is 1. The van der Waals surface area contributed by atoms with E-state index in [0.717, 1.165) is 16.2 Å². The number of ether oxygens (including phenoxy) is 1. The molecule has 0 bridgehead atoms. The van der Waals surface area contributed by atoms with Gasteiger partial charge in [-0.2, -0.15) is 0 Å². The number of nitrogens with zero attached hydrogens (tertiary/aromatic N) is 8. The lowest BCUT2D eigenvalue weighted by Crippen LogP contribution is -2.62. The number of alkyl halides is 2. The fourth-order valence-corrected chi connectivity index (χ4v) is 13.1. The SMILES string of the molecule is CCCCN1CC(=O)N(C)[C@@H](Cc2ccccc2)C(=O)N(C)[C@@H](CC(C)C)C(=O)N[C@@H](C(C)C)C(=O)N(C)[C@@H](CC(C)C)C(=O)N[C@H](C(=O)N2CCCCC2)CC(O)N(C)CC(=O)N(C)[C@@H](CC(C)C)C(=O)N[C@@H](COC[C@@H]2CC(F)(F)CN2)C(=O)N(C)[C@@H](CC(C)C)C(=O)N[C@@H]([C@@H](C)O)C1=O. The third-order valence-corrected chi connectivity index (χ3v) is 19.4. The van der Waals surface area contributed by atoms with E-state index in [9.17, 15) is 43.0 Å². The van der Waals surface area contributed by atoms with Crippen LogP contribution in [-0.4, -0.2) is 288 Å². The van der Waals surface area contributed by atoms with Crippen LogP contribution in [0.4, 0.5) is 8.78 Å². The molecule has 3 saturated heterocycles. The molecule has 1 aromatic rings. The fraction of sp³-hybridized carbons (Fsp3) is 0.767. The molecule has 4 rings (SSSR count). The predicted octanol–water partition coefficient (Wildman–Crippen LogP) is 2.83. The van der Waals surface area contributed by atoms with Crippen molar-refractivity contribution in [2.45, 2.75) is 239 Å². The number of piperidine rings is 1. The molecule has 7 N–H and O–H groups in total. The summed E-state index contributed by atoms with van der Waals surface area (Å²) in [4.78, 5) is 175. The number of aliphatic hydroxyl groups excluding tert-OH is 2. The van der Waals surface area contributed by atoms with Crippen LogP contribution in [0.1, 0.15) is 159 Å². The van der Waals surface area contributed by atoms with E-state index in [1.165, 1.54) is 73.7 Å². The third-order valence-electron chi connectivity index (χ3n) is 19.4. The van der Waals surface area contributed by atoms with Crippen molar-refractivity contribution in [2.24, 2.45) is 29.6 Å². The number of likely N-dealkylation sites (N-methyl/N-ethyl adjacent to an activating group) is 6. The maximum absolute atomic E-state index is 15.4. The number of hydrogen-bond donors (Lipinski definition) is 7. The molecule has 3 aliphatic heterocycles. The summed E-state index contributed by atoms with van der Waals surface area (Å²) in [7, 11) is 8.36. The van der Waals surface area contributed by atoms with Crippen LogP contribution in [0.15, 0.2) is 30.3 Å². The summed E-state index contributed by atoms with van der Waals surface area (Å²) >= 11 is 0. The quantitative estimate of drug-likeness (QED) is 0.0987. The van der Waals surface area contributed by atoms with Gasteiger partial charge in [0.1, 0.15) is 60.6 Å². The number of carbonyl (C=O) groups excluding carboxylic acids is 11. The number of unbranched alkanes of at least 4 members (excludes halogenated alkanes) is 1. The topological polar surface area (TPSA) is 324 Å². The second kappa shape index (κ2) is 40.9. The van der Waals surface area contributed by atoms with E-state index in [0.29, 0.717) is 44.3 Å². The standard InChI is InChI=1S/C73H123F2N13O14/c1-19-20-29-88-40-61(92)83(15)58(36-50-27-23-21-24-28-50)70(99)85(17)57(35-47(8)9)66(95)79-62(48(10)11)71(100)86(18)55(33-45(4)5)65(94)77-52(69(98)87-30-25-22-26-31-87)37-59(90)81(13)39-60(91)82(14)54(32-44(2)3)64(93)78-53(42-102-41-51-38-73(74,75)43-76-51)68(97)84(16)56(34-46(6)7)67(96)80-63(49(12)89)72(88)101/h21,23-24,27-28,44-49,51-59,62-63,76,89-90H,19-20,22,25-26,29-43H2,1-18H3,(H,77,94)(H,78,93)(H,79,95)(H,80,96)/t49-,51+,52+,53+,54+,55+,56+,57+,58+,59?,62+,63+/m1/s1. The minimum atomic E-state index is -3.03. The van der Waals surface area contributed by atoms with Gasteiger partial charge in [-0.1, -0.05) is 113 Å². The van der Waals surface area contributed by atoms with Gasteiger partial charge in [0.2, 0.25) is 65.0 Å². The summed E-state index contributed by atoms with van der Waals surface area (Å²) in [5.41, 5.74) is 0.645. The molecule has 1 aromatic carbocycles. The molecule has 0 aliphatic carbocycles. The molecule has 0 radical (unpaired) electrons. The highest BCUT2D eigenvalue weighted by molar-refractivity contribution is 5.99. The second-order valence-corrected chi connectivity index (χ2v) is 30.5. The van der Waals surface area contributed by atoms with E-state index in [1.54, 1.807) is 76.8 Å². The maximum Gasteiger partial charge on any atom is 0.261 e. The zero-order chi connectivity index (χ0) is 76.8. The van der Waals surface area contributed by atoms with Gasteiger partial charge < -0.3 is 75.8 Å². The first kappa shape index (κ1) is 87.5. The zero-order valence-corrected chi connectivity index (χ0v) is 64.0. The van der Waals surface area contributed by atoms with E-state index in [4.69, 9.17) is 4.74 Å². The Hall–Kier alpha value is -6.95. The van der Waals surface area contributed by atoms with Crippen molar-refractivity contribution in [1.29, 1.82) is 0 Å². The Balaban J connectivity index is 1.96. The van der Waals surface area contributed by atoms with Gasteiger partial charge in [0, 0.05) is 80.2 Å². The average Bonchev–Trinajstić information content (AvgIpc) is 1.01. The summed E-state index contributed by atoms with van der Waals surface area (Å²) < 4.78 is 34.7. The number of aliphatic hydroxyl groups is 2. The molecule has 12 atom stereocenters. The third kappa shape index (κ3) is 26.0. The van der Waals surface area contributed by atoms with Crippen LogP contribution in [0.2, 0.25) is 0 Å². The van der Waals surface area contributed by atoms with Crippen LogP contribution in [0, 0.1) is 29.6 Å². The van der Waals surface area contributed by atoms with Crippen LogP contribution >= 0.6 is 0 Å². The molecule has 1 unspecified atom stereocenters. The first-order valence-electron chi connectivity index (χ1n) is 36.6. The Bertz CT molecular complexity index is 2940. The first-order valence-corrected chi connectivity index (χ1v) is 36.6. The van der Waals surface area contributed by atoms with E-state index in [1.807, 2.05) is 34.6 Å². The highest BCUT2D eigenvalue weighted by atomic mass is 19.3. The largest absolute Gasteiger partial charge is 0.391 e. The molecule has 578 valence electrons. The second-order valence-electron chi connectivity index (χ2n) is 30.5. The van der Waals surface area contributed by atoms with Crippen LogP contribution in [-0.2, 0) is 63.9 Å². The van der Waals surface area contributed by atoms with Crippen LogP contribution < -0.4 is 26.6 Å². The minimum absolute atomic E-state index is 0.0307. The first-order chi connectivity index (χ1) is 47.7. The molecule has 27 nitrogen and oxygen atoms in total.